The van der Waals surface area contributed by atoms with Crippen LogP contribution in [0.5, 0.6) is 11.5 Å². The highest BCUT2D eigenvalue weighted by Crippen LogP contribution is 2.29. The molecule has 32 heavy (non-hydrogen) atoms. The van der Waals surface area contributed by atoms with E-state index in [4.69, 9.17) is 9.47 Å². The molecule has 4 rings (SSSR count). The van der Waals surface area contributed by atoms with Crippen molar-refractivity contribution < 1.29 is 23.9 Å². The second-order valence-electron chi connectivity index (χ2n) is 7.19. The number of benzene rings is 3. The minimum Gasteiger partial charge on any atom is -0.493 e. The number of esters is 1. The molecule has 0 aromatic heterocycles. The molecule has 0 fully saturated rings. The first-order chi connectivity index (χ1) is 15.6. The quantitative estimate of drug-likeness (QED) is 0.241. The van der Waals surface area contributed by atoms with Crippen LogP contribution in [-0.2, 0) is 4.79 Å². The van der Waals surface area contributed by atoms with Gasteiger partial charge in [0.1, 0.15) is 0 Å². The number of hydrogen-bond donors (Lipinski definition) is 0. The van der Waals surface area contributed by atoms with E-state index in [0.717, 1.165) is 16.0 Å². The topological polar surface area (TPSA) is 72.9 Å². The molecule has 1 heterocycles. The predicted octanol–water partition coefficient (Wildman–Crippen LogP) is 4.46. The predicted molar refractivity (Wildman–Crippen MR) is 120 cm³/mol. The normalized spacial score (nSPS) is 12.8. The van der Waals surface area contributed by atoms with E-state index < -0.39 is 17.8 Å². The van der Waals surface area contributed by atoms with Crippen LogP contribution in [0.25, 0.3) is 12.2 Å². The zero-order valence-corrected chi connectivity index (χ0v) is 17.5. The molecule has 3 aromatic rings. The number of fused-ring (bicyclic) bond motifs is 1. The summed E-state index contributed by atoms with van der Waals surface area (Å²) in [6.45, 7) is -0.0502. The fourth-order valence-electron chi connectivity index (χ4n) is 3.45. The van der Waals surface area contributed by atoms with Crippen molar-refractivity contribution in [3.8, 4) is 11.5 Å². The van der Waals surface area contributed by atoms with Crippen molar-refractivity contribution >= 4 is 29.9 Å². The first kappa shape index (κ1) is 21.1. The van der Waals surface area contributed by atoms with Gasteiger partial charge in [0.05, 0.1) is 24.7 Å². The van der Waals surface area contributed by atoms with Gasteiger partial charge >= 0.3 is 5.97 Å². The van der Waals surface area contributed by atoms with Crippen LogP contribution in [0.4, 0.5) is 0 Å². The number of nitrogens with zero attached hydrogens (tertiary/aromatic N) is 1. The summed E-state index contributed by atoms with van der Waals surface area (Å²) in [5.41, 5.74) is 2.66. The fourth-order valence-corrected chi connectivity index (χ4v) is 3.45. The Labute approximate surface area is 185 Å². The summed E-state index contributed by atoms with van der Waals surface area (Å²) < 4.78 is 10.8. The minimum atomic E-state index is -0.563. The molecule has 1 aliphatic heterocycles. The smallest absolute Gasteiger partial charge is 0.313 e. The SMILES string of the molecule is COc1cc(/C=C/c2ccccc2)ccc1OC(=O)CCN1C(=O)c2ccccc2C1=O. The summed E-state index contributed by atoms with van der Waals surface area (Å²) in [6.07, 6.45) is 3.79. The zero-order valence-electron chi connectivity index (χ0n) is 17.5. The van der Waals surface area contributed by atoms with Crippen LogP contribution in [0.3, 0.4) is 0 Å². The summed E-state index contributed by atoms with van der Waals surface area (Å²) >= 11 is 0. The fraction of sp³-hybridized carbons (Fsp3) is 0.115. The molecule has 1 aliphatic rings. The lowest BCUT2D eigenvalue weighted by molar-refractivity contribution is -0.134. The average molecular weight is 427 g/mol. The van der Waals surface area contributed by atoms with Crippen LogP contribution in [0.15, 0.2) is 72.8 Å². The van der Waals surface area contributed by atoms with Crippen molar-refractivity contribution in [3.63, 3.8) is 0 Å². The van der Waals surface area contributed by atoms with Crippen LogP contribution in [-0.4, -0.2) is 36.3 Å². The highest BCUT2D eigenvalue weighted by atomic mass is 16.6. The van der Waals surface area contributed by atoms with E-state index in [0.29, 0.717) is 16.9 Å². The summed E-state index contributed by atoms with van der Waals surface area (Å²) in [7, 11) is 1.50. The maximum atomic E-state index is 12.4. The van der Waals surface area contributed by atoms with Crippen molar-refractivity contribution in [3.05, 3.63) is 95.1 Å². The lowest BCUT2D eigenvalue weighted by Crippen LogP contribution is -2.32. The number of hydrogen-bond acceptors (Lipinski definition) is 5. The molecule has 0 radical (unpaired) electrons. The number of methoxy groups -OCH3 is 1. The van der Waals surface area contributed by atoms with Gasteiger partial charge in [0.15, 0.2) is 11.5 Å². The highest BCUT2D eigenvalue weighted by Gasteiger charge is 2.35. The molecule has 0 N–H and O–H groups in total. The molecule has 2 amide bonds. The molecule has 0 spiro atoms. The average Bonchev–Trinajstić information content (AvgIpc) is 3.07. The molecule has 6 nitrogen and oxygen atoms in total. The minimum absolute atomic E-state index is 0.0502. The maximum Gasteiger partial charge on any atom is 0.313 e. The van der Waals surface area contributed by atoms with Gasteiger partial charge in [0.25, 0.3) is 11.8 Å². The highest BCUT2D eigenvalue weighted by molar-refractivity contribution is 6.21. The van der Waals surface area contributed by atoms with Crippen LogP contribution < -0.4 is 9.47 Å². The third-order valence-corrected chi connectivity index (χ3v) is 5.10. The molecule has 160 valence electrons. The van der Waals surface area contributed by atoms with Crippen molar-refractivity contribution in [2.45, 2.75) is 6.42 Å². The molecule has 3 aromatic carbocycles. The summed E-state index contributed by atoms with van der Waals surface area (Å²) in [6, 6.07) is 21.7. The van der Waals surface area contributed by atoms with Crippen molar-refractivity contribution in [1.29, 1.82) is 0 Å². The summed E-state index contributed by atoms with van der Waals surface area (Å²) in [5.74, 6) is -0.672. The van der Waals surface area contributed by atoms with Gasteiger partial charge in [-0.2, -0.15) is 0 Å². The first-order valence-electron chi connectivity index (χ1n) is 10.1. The number of amides is 2. The Morgan fingerprint density at radius 3 is 2.09 bits per heavy atom. The summed E-state index contributed by atoms with van der Waals surface area (Å²) in [5, 5.41) is 0. The van der Waals surface area contributed by atoms with Gasteiger partial charge in [0.2, 0.25) is 0 Å². The Kier molecular flexibility index (Phi) is 6.12. The summed E-state index contributed by atoms with van der Waals surface area (Å²) in [4.78, 5) is 38.3. The maximum absolute atomic E-state index is 12.4. The molecule has 6 heteroatoms. The van der Waals surface area contributed by atoms with E-state index in [1.54, 1.807) is 36.4 Å². The first-order valence-corrected chi connectivity index (χ1v) is 10.1. The zero-order chi connectivity index (χ0) is 22.5. The van der Waals surface area contributed by atoms with Crippen LogP contribution in [0.1, 0.15) is 38.3 Å². The van der Waals surface area contributed by atoms with E-state index in [2.05, 4.69) is 0 Å². The molecule has 0 aliphatic carbocycles. The van der Waals surface area contributed by atoms with Gasteiger partial charge in [-0.1, -0.05) is 60.7 Å². The van der Waals surface area contributed by atoms with Crippen molar-refractivity contribution in [2.24, 2.45) is 0 Å². The van der Waals surface area contributed by atoms with E-state index in [9.17, 15) is 14.4 Å². The van der Waals surface area contributed by atoms with Crippen LogP contribution >= 0.6 is 0 Å². The third-order valence-electron chi connectivity index (χ3n) is 5.10. The van der Waals surface area contributed by atoms with Gasteiger partial charge in [-0.3, -0.25) is 19.3 Å². The van der Waals surface area contributed by atoms with Crippen LogP contribution in [0.2, 0.25) is 0 Å². The number of ether oxygens (including phenoxy) is 2. The molecular weight excluding hydrogens is 406 g/mol. The van der Waals surface area contributed by atoms with E-state index >= 15 is 0 Å². The van der Waals surface area contributed by atoms with E-state index in [1.807, 2.05) is 48.6 Å². The number of carbonyl (C=O) groups excluding carboxylic acids is 3. The Balaban J connectivity index is 1.38. The largest absolute Gasteiger partial charge is 0.493 e. The van der Waals surface area contributed by atoms with Crippen molar-refractivity contribution in [2.75, 3.05) is 13.7 Å². The Morgan fingerprint density at radius 2 is 1.44 bits per heavy atom. The lowest BCUT2D eigenvalue weighted by atomic mass is 10.1. The Bertz CT molecular complexity index is 1160. The van der Waals surface area contributed by atoms with Gasteiger partial charge in [0, 0.05) is 6.54 Å². The standard InChI is InChI=1S/C26H21NO5/c1-31-23-17-19(12-11-18-7-3-2-4-8-18)13-14-22(23)32-24(28)15-16-27-25(29)20-9-5-6-10-21(20)26(27)30/h2-14,17H,15-16H2,1H3/b12-11+. The number of rotatable bonds is 7. The molecular formula is C26H21NO5. The molecule has 0 unspecified atom stereocenters. The van der Waals surface area contributed by atoms with Crippen molar-refractivity contribution in [1.82, 2.24) is 4.90 Å². The van der Waals surface area contributed by atoms with Gasteiger partial charge < -0.3 is 9.47 Å². The van der Waals surface area contributed by atoms with Gasteiger partial charge in [-0.05, 0) is 35.4 Å². The molecule has 0 atom stereocenters. The second kappa shape index (κ2) is 9.31. The molecule has 0 saturated heterocycles. The number of carbonyl (C=O) groups is 3. The third kappa shape index (κ3) is 4.44. The Morgan fingerprint density at radius 1 is 0.812 bits per heavy atom. The second-order valence-corrected chi connectivity index (χ2v) is 7.19. The molecule has 0 bridgehead atoms. The molecule has 0 saturated carbocycles. The van der Waals surface area contributed by atoms with Gasteiger partial charge in [-0.15, -0.1) is 0 Å². The monoisotopic (exact) mass is 427 g/mol. The Hall–Kier alpha value is -4.19. The number of imide groups is 1. The van der Waals surface area contributed by atoms with Crippen LogP contribution in [0, 0.1) is 0 Å². The van der Waals surface area contributed by atoms with Gasteiger partial charge in [-0.25, -0.2) is 0 Å². The lowest BCUT2D eigenvalue weighted by Gasteiger charge is -2.14. The van der Waals surface area contributed by atoms with E-state index in [1.165, 1.54) is 7.11 Å². The van der Waals surface area contributed by atoms with E-state index in [-0.39, 0.29) is 18.7 Å².